The monoisotopic (exact) mass is 374 g/mol. The molecular formula is C17H18N4O4S. The highest BCUT2D eigenvalue weighted by Crippen LogP contribution is 2.22. The largest absolute Gasteiger partial charge is 0.326 e. The fraction of sp³-hybridized carbons (Fsp3) is 0.235. The first-order valence-electron chi connectivity index (χ1n) is 7.78. The second-order valence-corrected chi connectivity index (χ2v) is 6.69. The third-order valence-corrected chi connectivity index (χ3v) is 4.39. The number of nitrogens with zero attached hydrogens (tertiary/aromatic N) is 2. The van der Waals surface area contributed by atoms with Crippen LogP contribution in [0.2, 0.25) is 0 Å². The molecule has 0 saturated carbocycles. The Bertz CT molecular complexity index is 860. The van der Waals surface area contributed by atoms with Gasteiger partial charge in [0.2, 0.25) is 11.8 Å². The third kappa shape index (κ3) is 5.78. The first-order valence-corrected chi connectivity index (χ1v) is 8.60. The Morgan fingerprint density at radius 3 is 2.62 bits per heavy atom. The molecule has 0 radical (unpaired) electrons. The number of rotatable bonds is 7. The lowest BCUT2D eigenvalue weighted by molar-refractivity contribution is -0.380. The Morgan fingerprint density at radius 1 is 1.19 bits per heavy atom. The summed E-state index contributed by atoms with van der Waals surface area (Å²) in [5, 5.41) is 17.1. The maximum atomic E-state index is 12.0. The van der Waals surface area contributed by atoms with Gasteiger partial charge in [0.15, 0.2) is 0 Å². The minimum Gasteiger partial charge on any atom is -0.326 e. The summed E-state index contributed by atoms with van der Waals surface area (Å²) in [7, 11) is 0. The van der Waals surface area contributed by atoms with Gasteiger partial charge in [-0.15, -0.1) is 0 Å². The summed E-state index contributed by atoms with van der Waals surface area (Å²) in [6, 6.07) is 8.65. The van der Waals surface area contributed by atoms with Gasteiger partial charge < -0.3 is 5.32 Å². The molecule has 0 aliphatic rings. The van der Waals surface area contributed by atoms with Crippen LogP contribution in [0.1, 0.15) is 28.8 Å². The van der Waals surface area contributed by atoms with Crippen LogP contribution < -0.4 is 10.7 Å². The first-order chi connectivity index (χ1) is 12.3. The van der Waals surface area contributed by atoms with Crippen LogP contribution in [0, 0.1) is 24.0 Å². The number of hydrogen-bond acceptors (Lipinski definition) is 6. The van der Waals surface area contributed by atoms with E-state index < -0.39 is 10.8 Å². The average Bonchev–Trinajstić information content (AvgIpc) is 3.05. The number of thiophene rings is 1. The highest BCUT2D eigenvalue weighted by molar-refractivity contribution is 7.16. The summed E-state index contributed by atoms with van der Waals surface area (Å²) < 4.78 is 0. The van der Waals surface area contributed by atoms with E-state index in [9.17, 15) is 19.7 Å². The van der Waals surface area contributed by atoms with Gasteiger partial charge in [0, 0.05) is 24.6 Å². The molecule has 0 saturated heterocycles. The lowest BCUT2D eigenvalue weighted by Crippen LogP contribution is -2.20. The van der Waals surface area contributed by atoms with Crippen LogP contribution in [0.4, 0.5) is 10.7 Å². The molecule has 0 aliphatic heterocycles. The maximum absolute atomic E-state index is 12.0. The molecule has 9 heteroatoms. The lowest BCUT2D eigenvalue weighted by atomic mass is 10.1. The Kier molecular flexibility index (Phi) is 6.56. The summed E-state index contributed by atoms with van der Waals surface area (Å²) >= 11 is 0.951. The molecule has 0 fully saturated rings. The van der Waals surface area contributed by atoms with Gasteiger partial charge >= 0.3 is 5.00 Å². The van der Waals surface area contributed by atoms with Crippen molar-refractivity contribution in [1.29, 1.82) is 0 Å². The van der Waals surface area contributed by atoms with E-state index in [0.29, 0.717) is 4.88 Å². The predicted octanol–water partition coefficient (Wildman–Crippen LogP) is 3.14. The highest BCUT2D eigenvalue weighted by atomic mass is 32.1. The van der Waals surface area contributed by atoms with Crippen LogP contribution in [-0.4, -0.2) is 23.0 Å². The SMILES string of the molecule is Cc1ccc(C)c(NC(=O)CCC(=O)N/N=C/c2ccc([N+](=O)[O-])s2)c1. The topological polar surface area (TPSA) is 114 Å². The van der Waals surface area contributed by atoms with Crippen LogP contribution in [0.15, 0.2) is 35.4 Å². The summed E-state index contributed by atoms with van der Waals surface area (Å²) in [6.45, 7) is 3.83. The number of benzene rings is 1. The fourth-order valence-electron chi connectivity index (χ4n) is 2.04. The zero-order valence-electron chi connectivity index (χ0n) is 14.3. The highest BCUT2D eigenvalue weighted by Gasteiger charge is 2.09. The van der Waals surface area contributed by atoms with Crippen molar-refractivity contribution in [3.63, 3.8) is 0 Å². The zero-order valence-corrected chi connectivity index (χ0v) is 15.1. The Hall–Kier alpha value is -3.07. The molecule has 0 atom stereocenters. The molecule has 2 amide bonds. The Labute approximate surface area is 154 Å². The van der Waals surface area contributed by atoms with E-state index in [1.165, 1.54) is 18.3 Å². The van der Waals surface area contributed by atoms with Gasteiger partial charge in [-0.05, 0) is 37.1 Å². The van der Waals surface area contributed by atoms with Crippen molar-refractivity contribution in [2.45, 2.75) is 26.7 Å². The number of hydrazone groups is 1. The molecular weight excluding hydrogens is 356 g/mol. The van der Waals surface area contributed by atoms with Crippen molar-refractivity contribution in [3.8, 4) is 0 Å². The minimum absolute atomic E-state index is 0.000824. The van der Waals surface area contributed by atoms with E-state index in [-0.39, 0.29) is 23.7 Å². The molecule has 1 heterocycles. The second kappa shape index (κ2) is 8.86. The van der Waals surface area contributed by atoms with E-state index in [0.717, 1.165) is 28.2 Å². The van der Waals surface area contributed by atoms with Gasteiger partial charge in [-0.25, -0.2) is 5.43 Å². The van der Waals surface area contributed by atoms with E-state index in [1.807, 2.05) is 32.0 Å². The van der Waals surface area contributed by atoms with Crippen molar-refractivity contribution in [2.75, 3.05) is 5.32 Å². The number of hydrogen-bond donors (Lipinski definition) is 2. The normalized spacial score (nSPS) is 10.7. The summed E-state index contributed by atoms with van der Waals surface area (Å²) in [4.78, 5) is 34.3. The molecule has 0 spiro atoms. The molecule has 26 heavy (non-hydrogen) atoms. The number of nitrogens with one attached hydrogen (secondary N) is 2. The van der Waals surface area contributed by atoms with E-state index >= 15 is 0 Å². The van der Waals surface area contributed by atoms with Gasteiger partial charge in [-0.3, -0.25) is 19.7 Å². The van der Waals surface area contributed by atoms with Gasteiger partial charge in [0.25, 0.3) is 0 Å². The minimum atomic E-state index is -0.491. The standard InChI is InChI=1S/C17H18N4O4S/c1-11-3-4-12(2)14(9-11)19-15(22)6-7-16(23)20-18-10-13-5-8-17(26-13)21(24)25/h3-5,8-10H,6-7H2,1-2H3,(H,19,22)(H,20,23)/b18-10+. The second-order valence-electron chi connectivity index (χ2n) is 5.59. The van der Waals surface area contributed by atoms with Crippen LogP contribution >= 0.6 is 11.3 Å². The van der Waals surface area contributed by atoms with Crippen LogP contribution in [-0.2, 0) is 9.59 Å². The summed E-state index contributed by atoms with van der Waals surface area (Å²) in [5.74, 6) is -0.671. The van der Waals surface area contributed by atoms with Crippen molar-refractivity contribution in [1.82, 2.24) is 5.43 Å². The number of anilines is 1. The quantitative estimate of drug-likeness (QED) is 0.440. The third-order valence-electron chi connectivity index (χ3n) is 3.42. The van der Waals surface area contributed by atoms with Crippen molar-refractivity contribution >= 4 is 40.1 Å². The lowest BCUT2D eigenvalue weighted by Gasteiger charge is -2.09. The fourth-order valence-corrected chi connectivity index (χ4v) is 2.74. The Morgan fingerprint density at radius 2 is 1.92 bits per heavy atom. The van der Waals surface area contributed by atoms with Crippen molar-refractivity contribution in [2.24, 2.45) is 5.10 Å². The molecule has 2 N–H and O–H groups in total. The summed E-state index contributed by atoms with van der Waals surface area (Å²) in [6.07, 6.45) is 1.34. The van der Waals surface area contributed by atoms with Crippen LogP contribution in [0.25, 0.3) is 0 Å². The first kappa shape index (κ1) is 19.3. The van der Waals surface area contributed by atoms with Gasteiger partial charge in [-0.2, -0.15) is 5.10 Å². The van der Waals surface area contributed by atoms with Crippen LogP contribution in [0.5, 0.6) is 0 Å². The molecule has 0 unspecified atom stereocenters. The number of carbonyl (C=O) groups is 2. The van der Waals surface area contributed by atoms with E-state index in [1.54, 1.807) is 0 Å². The van der Waals surface area contributed by atoms with Crippen molar-refractivity contribution < 1.29 is 14.5 Å². The molecule has 0 bridgehead atoms. The van der Waals surface area contributed by atoms with Gasteiger partial charge in [0.05, 0.1) is 16.0 Å². The molecule has 0 aliphatic carbocycles. The van der Waals surface area contributed by atoms with Gasteiger partial charge in [0.1, 0.15) is 0 Å². The van der Waals surface area contributed by atoms with E-state index in [2.05, 4.69) is 15.8 Å². The molecule has 1 aromatic carbocycles. The smallest absolute Gasteiger partial charge is 0.324 e. The number of aryl methyl sites for hydroxylation is 2. The van der Waals surface area contributed by atoms with Gasteiger partial charge in [-0.1, -0.05) is 23.5 Å². The van der Waals surface area contributed by atoms with Crippen LogP contribution in [0.3, 0.4) is 0 Å². The number of amides is 2. The molecule has 8 nitrogen and oxygen atoms in total. The number of carbonyl (C=O) groups excluding carboxylic acids is 2. The molecule has 2 aromatic rings. The molecule has 136 valence electrons. The summed E-state index contributed by atoms with van der Waals surface area (Å²) in [5.41, 5.74) is 5.01. The Balaban J connectivity index is 1.77. The molecule has 2 rings (SSSR count). The average molecular weight is 374 g/mol. The predicted molar refractivity (Wildman–Crippen MR) is 100 cm³/mol. The number of nitro groups is 1. The van der Waals surface area contributed by atoms with E-state index in [4.69, 9.17) is 0 Å². The maximum Gasteiger partial charge on any atom is 0.324 e. The van der Waals surface area contributed by atoms with Crippen molar-refractivity contribution in [3.05, 3.63) is 56.5 Å². The zero-order chi connectivity index (χ0) is 19.1. The molecule has 1 aromatic heterocycles.